The molecular weight excluding hydrogens is 450 g/mol. The van der Waals surface area contributed by atoms with Crippen molar-refractivity contribution in [1.29, 1.82) is 0 Å². The zero-order valence-electron chi connectivity index (χ0n) is 20.2. The van der Waals surface area contributed by atoms with E-state index >= 15 is 0 Å². The highest BCUT2D eigenvalue weighted by Gasteiger charge is 2.20. The number of ether oxygens (including phenoxy) is 1. The number of para-hydroxylation sites is 1. The molecule has 0 aliphatic carbocycles. The number of aromatic nitrogens is 4. The Kier molecular flexibility index (Phi) is 5.91. The van der Waals surface area contributed by atoms with E-state index in [-0.39, 0.29) is 5.78 Å². The molecule has 4 heterocycles. The van der Waals surface area contributed by atoms with Crippen LogP contribution in [0.1, 0.15) is 28.7 Å². The number of aryl methyl sites for hydroxylation is 2. The van der Waals surface area contributed by atoms with Gasteiger partial charge in [-0.15, -0.1) is 0 Å². The van der Waals surface area contributed by atoms with Gasteiger partial charge in [-0.1, -0.05) is 48.5 Å². The third-order valence-electron chi connectivity index (χ3n) is 6.72. The maximum atomic E-state index is 11.7. The van der Waals surface area contributed by atoms with Crippen LogP contribution >= 0.6 is 0 Å². The lowest BCUT2D eigenvalue weighted by molar-refractivity contribution is 0.101. The van der Waals surface area contributed by atoms with Crippen LogP contribution in [0, 0.1) is 0 Å². The van der Waals surface area contributed by atoms with Gasteiger partial charge in [0.1, 0.15) is 0 Å². The molecule has 0 saturated carbocycles. The minimum absolute atomic E-state index is 0.0553. The number of nitrogens with zero attached hydrogens (tertiary/aromatic N) is 5. The number of carbonyl (C=O) groups is 1. The van der Waals surface area contributed by atoms with Crippen LogP contribution in [0.3, 0.4) is 0 Å². The maximum absolute atomic E-state index is 11.7. The van der Waals surface area contributed by atoms with E-state index in [0.29, 0.717) is 18.8 Å². The van der Waals surface area contributed by atoms with Crippen molar-refractivity contribution in [1.82, 2.24) is 19.4 Å². The molecule has 7 heteroatoms. The summed E-state index contributed by atoms with van der Waals surface area (Å²) in [6.07, 6.45) is 5.59. The maximum Gasteiger partial charge on any atom is 0.181 e. The molecule has 7 nitrogen and oxygen atoms in total. The Bertz CT molecular complexity index is 1550. The molecular formula is C29H27N5O2. The fourth-order valence-corrected chi connectivity index (χ4v) is 4.72. The van der Waals surface area contributed by atoms with Crippen molar-refractivity contribution in [3.8, 4) is 11.3 Å². The summed E-state index contributed by atoms with van der Waals surface area (Å²) in [6.45, 7) is 4.53. The van der Waals surface area contributed by atoms with E-state index in [2.05, 4.69) is 33.7 Å². The number of pyridine rings is 1. The Balaban J connectivity index is 1.36. The summed E-state index contributed by atoms with van der Waals surface area (Å²) < 4.78 is 7.68. The van der Waals surface area contributed by atoms with Crippen molar-refractivity contribution in [3.63, 3.8) is 0 Å². The van der Waals surface area contributed by atoms with Gasteiger partial charge in [-0.3, -0.25) is 14.2 Å². The van der Waals surface area contributed by atoms with Gasteiger partial charge in [0.05, 0.1) is 36.3 Å². The molecule has 0 radical (unpaired) electrons. The van der Waals surface area contributed by atoms with Gasteiger partial charge in [0.15, 0.2) is 17.2 Å². The second-order valence-electron chi connectivity index (χ2n) is 9.12. The first kappa shape index (κ1) is 22.4. The van der Waals surface area contributed by atoms with Crippen LogP contribution in [0.5, 0.6) is 0 Å². The molecule has 0 N–H and O–H groups in total. The van der Waals surface area contributed by atoms with Crippen LogP contribution in [-0.2, 0) is 17.6 Å². The van der Waals surface area contributed by atoms with Gasteiger partial charge < -0.3 is 9.64 Å². The number of rotatable bonds is 6. The average molecular weight is 478 g/mol. The molecule has 36 heavy (non-hydrogen) atoms. The van der Waals surface area contributed by atoms with Gasteiger partial charge in [-0.05, 0) is 31.9 Å². The fourth-order valence-electron chi connectivity index (χ4n) is 4.72. The number of carbonyl (C=O) groups excluding carboxylic acids is 1. The second-order valence-corrected chi connectivity index (χ2v) is 9.12. The molecule has 0 atom stereocenters. The number of imidazole rings is 1. The number of ketones is 1. The summed E-state index contributed by atoms with van der Waals surface area (Å²) in [4.78, 5) is 28.7. The third kappa shape index (κ3) is 4.33. The lowest BCUT2D eigenvalue weighted by Gasteiger charge is -2.28. The van der Waals surface area contributed by atoms with E-state index in [1.807, 2.05) is 48.7 Å². The molecule has 0 amide bonds. The van der Waals surface area contributed by atoms with Crippen LogP contribution in [0.25, 0.3) is 27.8 Å². The first-order valence-corrected chi connectivity index (χ1v) is 12.3. The van der Waals surface area contributed by atoms with Crippen LogP contribution in [0.2, 0.25) is 0 Å². The summed E-state index contributed by atoms with van der Waals surface area (Å²) in [5, 5.41) is 1.15. The molecule has 1 aliphatic rings. The Labute approximate surface area is 209 Å². The molecule has 0 spiro atoms. The SMILES string of the molecule is CC(=O)c1ccc(-c2cnc(N3CCOCC3)c3nc(CCc4ccc5ccccc5n4)cn23)cc1. The van der Waals surface area contributed by atoms with Crippen LogP contribution in [0.15, 0.2) is 73.1 Å². The lowest BCUT2D eigenvalue weighted by Crippen LogP contribution is -2.37. The van der Waals surface area contributed by atoms with Gasteiger partial charge >= 0.3 is 0 Å². The fraction of sp³-hybridized carbons (Fsp3) is 0.241. The second kappa shape index (κ2) is 9.51. The highest BCUT2D eigenvalue weighted by atomic mass is 16.5. The molecule has 1 fully saturated rings. The molecule has 6 rings (SSSR count). The molecule has 3 aromatic heterocycles. The normalized spacial score (nSPS) is 14.0. The topological polar surface area (TPSA) is 72.6 Å². The van der Waals surface area contributed by atoms with Crippen LogP contribution in [0.4, 0.5) is 5.82 Å². The van der Waals surface area contributed by atoms with Crippen LogP contribution in [-0.4, -0.2) is 51.4 Å². The van der Waals surface area contributed by atoms with Crippen molar-refractivity contribution in [2.45, 2.75) is 19.8 Å². The highest BCUT2D eigenvalue weighted by molar-refractivity contribution is 5.94. The number of hydrogen-bond donors (Lipinski definition) is 0. The highest BCUT2D eigenvalue weighted by Crippen LogP contribution is 2.27. The smallest absolute Gasteiger partial charge is 0.181 e. The molecule has 180 valence electrons. The number of fused-ring (bicyclic) bond motifs is 2. The van der Waals surface area contributed by atoms with E-state index in [0.717, 1.165) is 70.9 Å². The number of benzene rings is 2. The minimum atomic E-state index is 0.0553. The summed E-state index contributed by atoms with van der Waals surface area (Å²) in [7, 11) is 0. The number of anilines is 1. The van der Waals surface area contributed by atoms with Gasteiger partial charge in [-0.25, -0.2) is 9.97 Å². The zero-order valence-corrected chi connectivity index (χ0v) is 20.2. The predicted molar refractivity (Wildman–Crippen MR) is 141 cm³/mol. The largest absolute Gasteiger partial charge is 0.378 e. The summed E-state index contributed by atoms with van der Waals surface area (Å²) in [5.74, 6) is 0.928. The summed E-state index contributed by atoms with van der Waals surface area (Å²) in [6, 6.07) is 20.1. The number of hydrogen-bond acceptors (Lipinski definition) is 6. The molecule has 1 aliphatic heterocycles. The number of morpholine rings is 1. The van der Waals surface area contributed by atoms with Crippen LogP contribution < -0.4 is 4.90 Å². The minimum Gasteiger partial charge on any atom is -0.378 e. The van der Waals surface area contributed by atoms with Crippen molar-refractivity contribution < 1.29 is 9.53 Å². The summed E-state index contributed by atoms with van der Waals surface area (Å²) in [5.41, 5.74) is 6.53. The van der Waals surface area contributed by atoms with Gasteiger partial charge in [0.25, 0.3) is 0 Å². The molecule has 1 saturated heterocycles. The van der Waals surface area contributed by atoms with Crippen molar-refractivity contribution in [3.05, 3.63) is 90.0 Å². The molecule has 2 aromatic carbocycles. The van der Waals surface area contributed by atoms with Gasteiger partial charge in [0, 0.05) is 41.5 Å². The monoisotopic (exact) mass is 477 g/mol. The van der Waals surface area contributed by atoms with E-state index in [1.54, 1.807) is 6.92 Å². The van der Waals surface area contributed by atoms with E-state index in [9.17, 15) is 4.79 Å². The van der Waals surface area contributed by atoms with Gasteiger partial charge in [-0.2, -0.15) is 0 Å². The average Bonchev–Trinajstić information content (AvgIpc) is 3.36. The Hall–Kier alpha value is -4.10. The lowest BCUT2D eigenvalue weighted by atomic mass is 10.1. The van der Waals surface area contributed by atoms with Crippen molar-refractivity contribution >= 4 is 28.2 Å². The predicted octanol–water partition coefficient (Wildman–Crippen LogP) is 4.77. The quantitative estimate of drug-likeness (QED) is 0.328. The molecule has 0 unspecified atom stereocenters. The van der Waals surface area contributed by atoms with Crippen molar-refractivity contribution in [2.75, 3.05) is 31.2 Å². The van der Waals surface area contributed by atoms with E-state index < -0.39 is 0 Å². The molecule has 0 bridgehead atoms. The number of Topliss-reactive ketones (excluding diaryl/α,β-unsaturated/α-hetero) is 1. The molecule has 5 aromatic rings. The van der Waals surface area contributed by atoms with E-state index in [1.165, 1.54) is 0 Å². The van der Waals surface area contributed by atoms with Gasteiger partial charge in [0.2, 0.25) is 0 Å². The third-order valence-corrected chi connectivity index (χ3v) is 6.72. The first-order chi connectivity index (χ1) is 17.7. The Morgan fingerprint density at radius 2 is 1.69 bits per heavy atom. The van der Waals surface area contributed by atoms with Crippen molar-refractivity contribution in [2.24, 2.45) is 0 Å². The Morgan fingerprint density at radius 1 is 0.917 bits per heavy atom. The summed E-state index contributed by atoms with van der Waals surface area (Å²) >= 11 is 0. The van der Waals surface area contributed by atoms with E-state index in [4.69, 9.17) is 19.7 Å². The zero-order chi connectivity index (χ0) is 24.5. The standard InChI is InChI=1S/C29H27N5O2/c1-20(35)21-6-8-23(9-7-21)27-18-30-28(33-14-16-36-17-15-33)29-32-25(19-34(27)29)13-12-24-11-10-22-4-2-3-5-26(22)31-24/h2-11,18-19H,12-17H2,1H3. The Morgan fingerprint density at radius 3 is 2.50 bits per heavy atom. The first-order valence-electron chi connectivity index (χ1n) is 12.3.